The van der Waals surface area contributed by atoms with Crippen molar-refractivity contribution in [2.45, 2.75) is 39.2 Å². The first-order valence-corrected chi connectivity index (χ1v) is 6.56. The molecule has 0 spiro atoms. The predicted molar refractivity (Wildman–Crippen MR) is 72.7 cm³/mol. The van der Waals surface area contributed by atoms with Crippen LogP contribution in [0.4, 0.5) is 11.4 Å². The van der Waals surface area contributed by atoms with Crippen LogP contribution in [-0.2, 0) is 0 Å². The molecule has 0 bridgehead atoms. The number of fused-ring (bicyclic) bond motifs is 1. The maximum Gasteiger partial charge on any atom is 0.145 e. The van der Waals surface area contributed by atoms with Crippen molar-refractivity contribution in [1.29, 1.82) is 0 Å². The molecule has 0 saturated heterocycles. The predicted octanol–water partition coefficient (Wildman–Crippen LogP) is 3.05. The number of anilines is 2. The van der Waals surface area contributed by atoms with Gasteiger partial charge < -0.3 is 15.4 Å². The molecule has 17 heavy (non-hydrogen) atoms. The van der Waals surface area contributed by atoms with Crippen LogP contribution >= 0.6 is 0 Å². The zero-order valence-corrected chi connectivity index (χ0v) is 10.8. The lowest BCUT2D eigenvalue weighted by Crippen LogP contribution is -2.40. The average molecular weight is 234 g/mol. The molecule has 0 radical (unpaired) electrons. The molecule has 1 aromatic carbocycles. The monoisotopic (exact) mass is 234 g/mol. The maximum atomic E-state index is 6.07. The Balaban J connectivity index is 2.27. The van der Waals surface area contributed by atoms with Crippen LogP contribution in [0.5, 0.6) is 5.75 Å². The molecule has 3 nitrogen and oxygen atoms in total. The van der Waals surface area contributed by atoms with E-state index in [0.717, 1.165) is 36.6 Å². The molecule has 2 rings (SSSR count). The summed E-state index contributed by atoms with van der Waals surface area (Å²) in [6, 6.07) is 5.93. The summed E-state index contributed by atoms with van der Waals surface area (Å²) in [5.74, 6) is 0.944. The molecule has 0 amide bonds. The van der Waals surface area contributed by atoms with Crippen molar-refractivity contribution in [2.75, 3.05) is 23.7 Å². The SMILES string of the molecule is CCCCN1CC(CC)Oc2cccc(N)c21. The minimum atomic E-state index is 0.293. The fraction of sp³-hybridized carbons (Fsp3) is 0.571. The fourth-order valence-electron chi connectivity index (χ4n) is 2.29. The molecule has 1 aliphatic rings. The van der Waals surface area contributed by atoms with Gasteiger partial charge in [0.1, 0.15) is 17.5 Å². The Morgan fingerprint density at radius 3 is 2.94 bits per heavy atom. The standard InChI is InChI=1S/C14H22N2O/c1-3-5-9-16-10-11(4-2)17-13-8-6-7-12(15)14(13)16/h6-8,11H,3-5,9-10,15H2,1-2H3. The van der Waals surface area contributed by atoms with Gasteiger partial charge in [0.05, 0.1) is 12.2 Å². The number of ether oxygens (including phenoxy) is 1. The minimum absolute atomic E-state index is 0.293. The highest BCUT2D eigenvalue weighted by Gasteiger charge is 2.25. The van der Waals surface area contributed by atoms with Gasteiger partial charge in [0.2, 0.25) is 0 Å². The highest BCUT2D eigenvalue weighted by atomic mass is 16.5. The molecule has 0 fully saturated rings. The molecule has 0 aliphatic carbocycles. The van der Waals surface area contributed by atoms with Gasteiger partial charge in [-0.15, -0.1) is 0 Å². The third kappa shape index (κ3) is 2.48. The van der Waals surface area contributed by atoms with Gasteiger partial charge in [-0.05, 0) is 25.0 Å². The van der Waals surface area contributed by atoms with Gasteiger partial charge in [-0.1, -0.05) is 26.3 Å². The zero-order chi connectivity index (χ0) is 12.3. The Kier molecular flexibility index (Phi) is 3.77. The Morgan fingerprint density at radius 2 is 2.24 bits per heavy atom. The number of unbranched alkanes of at least 4 members (excludes halogenated alkanes) is 1. The fourth-order valence-corrected chi connectivity index (χ4v) is 2.29. The van der Waals surface area contributed by atoms with Gasteiger partial charge in [-0.3, -0.25) is 0 Å². The summed E-state index contributed by atoms with van der Waals surface area (Å²) in [5.41, 5.74) is 7.98. The Hall–Kier alpha value is -1.38. The highest BCUT2D eigenvalue weighted by molar-refractivity contribution is 5.75. The summed E-state index contributed by atoms with van der Waals surface area (Å²) in [6.45, 7) is 6.41. The summed E-state index contributed by atoms with van der Waals surface area (Å²) < 4.78 is 5.95. The summed E-state index contributed by atoms with van der Waals surface area (Å²) >= 11 is 0. The normalized spacial score (nSPS) is 18.7. The van der Waals surface area contributed by atoms with Crippen LogP contribution < -0.4 is 15.4 Å². The van der Waals surface area contributed by atoms with Crippen LogP contribution in [0.3, 0.4) is 0 Å². The van der Waals surface area contributed by atoms with Crippen molar-refractivity contribution in [3.63, 3.8) is 0 Å². The lowest BCUT2D eigenvalue weighted by Gasteiger charge is -2.36. The maximum absolute atomic E-state index is 6.07. The van der Waals surface area contributed by atoms with E-state index in [4.69, 9.17) is 10.5 Å². The molecule has 3 heteroatoms. The number of hydrogen-bond donors (Lipinski definition) is 1. The van der Waals surface area contributed by atoms with E-state index in [-0.39, 0.29) is 0 Å². The molecule has 1 heterocycles. The minimum Gasteiger partial charge on any atom is -0.486 e. The van der Waals surface area contributed by atoms with E-state index in [1.54, 1.807) is 0 Å². The summed E-state index contributed by atoms with van der Waals surface area (Å²) in [5, 5.41) is 0. The van der Waals surface area contributed by atoms with Crippen molar-refractivity contribution in [2.24, 2.45) is 0 Å². The van der Waals surface area contributed by atoms with E-state index in [2.05, 4.69) is 18.7 Å². The second-order valence-electron chi connectivity index (χ2n) is 4.64. The van der Waals surface area contributed by atoms with E-state index >= 15 is 0 Å². The largest absolute Gasteiger partial charge is 0.486 e. The van der Waals surface area contributed by atoms with E-state index in [0.29, 0.717) is 6.10 Å². The Bertz CT molecular complexity index is 378. The number of rotatable bonds is 4. The van der Waals surface area contributed by atoms with Gasteiger partial charge in [-0.25, -0.2) is 0 Å². The van der Waals surface area contributed by atoms with Gasteiger partial charge >= 0.3 is 0 Å². The molecule has 0 aromatic heterocycles. The van der Waals surface area contributed by atoms with Crippen molar-refractivity contribution >= 4 is 11.4 Å². The van der Waals surface area contributed by atoms with Crippen molar-refractivity contribution in [1.82, 2.24) is 0 Å². The average Bonchev–Trinajstić information content (AvgIpc) is 2.35. The number of hydrogen-bond acceptors (Lipinski definition) is 3. The van der Waals surface area contributed by atoms with Crippen molar-refractivity contribution in [3.8, 4) is 5.75 Å². The number of para-hydroxylation sites is 1. The van der Waals surface area contributed by atoms with Gasteiger partial charge in [-0.2, -0.15) is 0 Å². The molecule has 1 aromatic rings. The van der Waals surface area contributed by atoms with E-state index < -0.39 is 0 Å². The van der Waals surface area contributed by atoms with Crippen LogP contribution in [-0.4, -0.2) is 19.2 Å². The lowest BCUT2D eigenvalue weighted by molar-refractivity contribution is 0.189. The van der Waals surface area contributed by atoms with E-state index in [9.17, 15) is 0 Å². The molecular formula is C14H22N2O. The Labute approximate surface area is 104 Å². The van der Waals surface area contributed by atoms with Crippen molar-refractivity contribution in [3.05, 3.63) is 18.2 Å². The molecular weight excluding hydrogens is 212 g/mol. The van der Waals surface area contributed by atoms with E-state index in [1.807, 2.05) is 18.2 Å². The quantitative estimate of drug-likeness (QED) is 0.814. The van der Waals surface area contributed by atoms with Gasteiger partial charge in [0.15, 0.2) is 0 Å². The number of nitrogens with zero attached hydrogens (tertiary/aromatic N) is 1. The summed E-state index contributed by atoms with van der Waals surface area (Å²) in [6.07, 6.45) is 3.73. The van der Waals surface area contributed by atoms with Gasteiger partial charge in [0, 0.05) is 6.54 Å². The Morgan fingerprint density at radius 1 is 1.41 bits per heavy atom. The van der Waals surface area contributed by atoms with Crippen molar-refractivity contribution < 1.29 is 4.74 Å². The molecule has 0 saturated carbocycles. The second-order valence-corrected chi connectivity index (χ2v) is 4.64. The zero-order valence-electron chi connectivity index (χ0n) is 10.8. The summed E-state index contributed by atoms with van der Waals surface area (Å²) in [7, 11) is 0. The van der Waals surface area contributed by atoms with E-state index in [1.165, 1.54) is 12.8 Å². The molecule has 1 atom stereocenters. The molecule has 1 unspecified atom stereocenters. The van der Waals surface area contributed by atoms with Gasteiger partial charge in [0.25, 0.3) is 0 Å². The number of nitrogen functional groups attached to an aromatic ring is 1. The number of nitrogens with two attached hydrogens (primary N) is 1. The van der Waals surface area contributed by atoms with Crippen LogP contribution in [0, 0.1) is 0 Å². The lowest BCUT2D eigenvalue weighted by atomic mass is 10.1. The second kappa shape index (κ2) is 5.30. The highest BCUT2D eigenvalue weighted by Crippen LogP contribution is 2.38. The third-order valence-electron chi connectivity index (χ3n) is 3.30. The first kappa shape index (κ1) is 12.1. The molecule has 94 valence electrons. The summed E-state index contributed by atoms with van der Waals surface area (Å²) in [4.78, 5) is 2.38. The third-order valence-corrected chi connectivity index (χ3v) is 3.30. The topological polar surface area (TPSA) is 38.5 Å². The van der Waals surface area contributed by atoms with Crippen LogP contribution in [0.15, 0.2) is 18.2 Å². The molecule has 2 N–H and O–H groups in total. The van der Waals surface area contributed by atoms with Crippen LogP contribution in [0.2, 0.25) is 0 Å². The smallest absolute Gasteiger partial charge is 0.145 e. The molecule has 1 aliphatic heterocycles. The van der Waals surface area contributed by atoms with Crippen LogP contribution in [0.25, 0.3) is 0 Å². The first-order valence-electron chi connectivity index (χ1n) is 6.56. The van der Waals surface area contributed by atoms with Crippen LogP contribution in [0.1, 0.15) is 33.1 Å². The first-order chi connectivity index (χ1) is 8.26. The number of benzene rings is 1.